The predicted octanol–water partition coefficient (Wildman–Crippen LogP) is 3.47. The van der Waals surface area contributed by atoms with E-state index >= 15 is 0 Å². The lowest BCUT2D eigenvalue weighted by Gasteiger charge is -2.22. The summed E-state index contributed by atoms with van der Waals surface area (Å²) in [5.41, 5.74) is 5.86. The lowest BCUT2D eigenvalue weighted by Crippen LogP contribution is -2.30. The Hall–Kier alpha value is -1.42. The predicted molar refractivity (Wildman–Crippen MR) is 75.6 cm³/mol. The minimum atomic E-state index is -0.245. The van der Waals surface area contributed by atoms with Crippen molar-refractivity contribution in [1.29, 1.82) is 5.41 Å². The van der Waals surface area contributed by atoms with Gasteiger partial charge in [0.25, 0.3) is 0 Å². The van der Waals surface area contributed by atoms with Gasteiger partial charge in [-0.3, -0.25) is 5.41 Å². The molecule has 0 aromatic heterocycles. The van der Waals surface area contributed by atoms with Gasteiger partial charge in [-0.15, -0.1) is 0 Å². The number of unbranched alkanes of at least 4 members (excludes halogenated alkanes) is 1. The molecule has 0 aliphatic carbocycles. The lowest BCUT2D eigenvalue weighted by atomic mass is 9.86. The number of amidine groups is 1. The van der Waals surface area contributed by atoms with Crippen molar-refractivity contribution in [3.63, 3.8) is 0 Å². The fraction of sp³-hybridized carbons (Fsp3) is 0.533. The third-order valence-corrected chi connectivity index (χ3v) is 3.28. The molecule has 0 spiro atoms. The van der Waals surface area contributed by atoms with Crippen LogP contribution in [0.5, 0.6) is 0 Å². The van der Waals surface area contributed by atoms with Gasteiger partial charge in [0.2, 0.25) is 0 Å². The van der Waals surface area contributed by atoms with Crippen molar-refractivity contribution in [1.82, 2.24) is 0 Å². The summed E-state index contributed by atoms with van der Waals surface area (Å²) in [6, 6.07) is 6.64. The van der Waals surface area contributed by atoms with E-state index in [-0.39, 0.29) is 17.1 Å². The van der Waals surface area contributed by atoms with Crippen molar-refractivity contribution in [3.8, 4) is 0 Å². The number of nitrogens with one attached hydrogen (secondary N) is 1. The first-order chi connectivity index (χ1) is 8.93. The van der Waals surface area contributed by atoms with Crippen LogP contribution in [0.1, 0.15) is 38.7 Å². The van der Waals surface area contributed by atoms with Gasteiger partial charge >= 0.3 is 0 Å². The fourth-order valence-corrected chi connectivity index (χ4v) is 1.70. The third-order valence-electron chi connectivity index (χ3n) is 3.28. The SMILES string of the molecule is CC(C)(CCCCOCc1ccccc1F)C(=N)N. The molecule has 0 amide bonds. The Bertz CT molecular complexity index is 418. The van der Waals surface area contributed by atoms with Gasteiger partial charge in [0.15, 0.2) is 0 Å². The van der Waals surface area contributed by atoms with Crippen LogP contribution >= 0.6 is 0 Å². The van der Waals surface area contributed by atoms with Crippen LogP contribution in [0.4, 0.5) is 4.39 Å². The van der Waals surface area contributed by atoms with E-state index in [2.05, 4.69) is 0 Å². The molecule has 3 N–H and O–H groups in total. The molecule has 0 unspecified atom stereocenters. The average Bonchev–Trinajstić information content (AvgIpc) is 2.35. The molecular formula is C15H23FN2O. The van der Waals surface area contributed by atoms with Crippen molar-refractivity contribution < 1.29 is 9.13 Å². The molecule has 0 aliphatic heterocycles. The molecule has 0 atom stereocenters. The van der Waals surface area contributed by atoms with Crippen molar-refractivity contribution >= 4 is 5.84 Å². The van der Waals surface area contributed by atoms with Crippen LogP contribution in [-0.4, -0.2) is 12.4 Å². The molecule has 0 aliphatic rings. The van der Waals surface area contributed by atoms with Crippen LogP contribution in [0, 0.1) is 16.6 Å². The Labute approximate surface area is 114 Å². The van der Waals surface area contributed by atoms with Crippen molar-refractivity contribution in [3.05, 3.63) is 35.6 Å². The first kappa shape index (κ1) is 15.6. The smallest absolute Gasteiger partial charge is 0.128 e. The summed E-state index contributed by atoms with van der Waals surface area (Å²) in [6.07, 6.45) is 2.71. The zero-order valence-electron chi connectivity index (χ0n) is 11.7. The highest BCUT2D eigenvalue weighted by atomic mass is 19.1. The summed E-state index contributed by atoms with van der Waals surface area (Å²) in [5, 5.41) is 7.45. The van der Waals surface area contributed by atoms with E-state index in [9.17, 15) is 4.39 Å². The first-order valence-corrected chi connectivity index (χ1v) is 6.59. The molecule has 1 aromatic carbocycles. The number of hydrogen-bond acceptors (Lipinski definition) is 2. The molecule has 0 bridgehead atoms. The highest BCUT2D eigenvalue weighted by molar-refractivity contribution is 5.82. The highest BCUT2D eigenvalue weighted by Crippen LogP contribution is 2.22. The normalized spacial score (nSPS) is 11.5. The van der Waals surface area contributed by atoms with E-state index in [0.29, 0.717) is 18.8 Å². The monoisotopic (exact) mass is 266 g/mol. The molecule has 0 saturated carbocycles. The van der Waals surface area contributed by atoms with Gasteiger partial charge in [0, 0.05) is 17.6 Å². The average molecular weight is 266 g/mol. The standard InChI is InChI=1S/C15H23FN2O/c1-15(2,14(17)18)9-5-6-10-19-11-12-7-3-4-8-13(12)16/h3-4,7-8H,5-6,9-11H2,1-2H3,(H3,17,18). The number of nitrogens with two attached hydrogens (primary N) is 1. The molecule has 19 heavy (non-hydrogen) atoms. The second-order valence-corrected chi connectivity index (χ2v) is 5.40. The van der Waals surface area contributed by atoms with E-state index in [4.69, 9.17) is 15.9 Å². The van der Waals surface area contributed by atoms with Gasteiger partial charge < -0.3 is 10.5 Å². The van der Waals surface area contributed by atoms with Crippen molar-refractivity contribution in [2.75, 3.05) is 6.61 Å². The maximum absolute atomic E-state index is 13.3. The van der Waals surface area contributed by atoms with Crippen LogP contribution in [0.25, 0.3) is 0 Å². The van der Waals surface area contributed by atoms with Crippen LogP contribution in [0.15, 0.2) is 24.3 Å². The minimum Gasteiger partial charge on any atom is -0.387 e. The zero-order valence-corrected chi connectivity index (χ0v) is 11.7. The van der Waals surface area contributed by atoms with Crippen molar-refractivity contribution in [2.24, 2.45) is 11.1 Å². The van der Waals surface area contributed by atoms with Gasteiger partial charge in [-0.1, -0.05) is 38.5 Å². The van der Waals surface area contributed by atoms with E-state index in [1.807, 2.05) is 13.8 Å². The Balaban J connectivity index is 2.16. The van der Waals surface area contributed by atoms with E-state index < -0.39 is 0 Å². The summed E-state index contributed by atoms with van der Waals surface area (Å²) in [4.78, 5) is 0. The quantitative estimate of drug-likeness (QED) is 0.430. The topological polar surface area (TPSA) is 59.1 Å². The number of rotatable bonds is 8. The molecule has 3 nitrogen and oxygen atoms in total. The Kier molecular flexibility index (Phi) is 5.96. The summed E-state index contributed by atoms with van der Waals surface area (Å²) in [5.74, 6) is -0.0000111. The summed E-state index contributed by atoms with van der Waals surface area (Å²) < 4.78 is 18.7. The Morgan fingerprint density at radius 2 is 2.00 bits per heavy atom. The number of halogens is 1. The van der Waals surface area contributed by atoms with Crippen LogP contribution in [0.3, 0.4) is 0 Å². The largest absolute Gasteiger partial charge is 0.387 e. The maximum atomic E-state index is 13.3. The van der Waals surface area contributed by atoms with Crippen LogP contribution < -0.4 is 5.73 Å². The molecular weight excluding hydrogens is 243 g/mol. The van der Waals surface area contributed by atoms with Crippen molar-refractivity contribution in [2.45, 2.75) is 39.7 Å². The third kappa shape index (κ3) is 5.39. The number of benzene rings is 1. The molecule has 0 heterocycles. The van der Waals surface area contributed by atoms with E-state index in [1.54, 1.807) is 18.2 Å². The molecule has 0 saturated heterocycles. The molecule has 1 rings (SSSR count). The second kappa shape index (κ2) is 7.24. The van der Waals surface area contributed by atoms with Gasteiger partial charge in [-0.05, 0) is 18.9 Å². The summed E-state index contributed by atoms with van der Waals surface area (Å²) in [7, 11) is 0. The lowest BCUT2D eigenvalue weighted by molar-refractivity contribution is 0.113. The molecule has 0 radical (unpaired) electrons. The van der Waals surface area contributed by atoms with Crippen LogP contribution in [0.2, 0.25) is 0 Å². The summed E-state index contributed by atoms with van der Waals surface area (Å²) >= 11 is 0. The number of hydrogen-bond donors (Lipinski definition) is 2. The van der Waals surface area contributed by atoms with Gasteiger partial charge in [0.1, 0.15) is 5.82 Å². The molecule has 106 valence electrons. The highest BCUT2D eigenvalue weighted by Gasteiger charge is 2.20. The van der Waals surface area contributed by atoms with Gasteiger partial charge in [0.05, 0.1) is 12.4 Å². The van der Waals surface area contributed by atoms with Gasteiger partial charge in [-0.25, -0.2) is 4.39 Å². The first-order valence-electron chi connectivity index (χ1n) is 6.59. The Morgan fingerprint density at radius 1 is 1.32 bits per heavy atom. The minimum absolute atomic E-state index is 0.222. The van der Waals surface area contributed by atoms with E-state index in [1.165, 1.54) is 6.07 Å². The zero-order chi connectivity index (χ0) is 14.3. The summed E-state index contributed by atoms with van der Waals surface area (Å²) in [6.45, 7) is 4.84. The van der Waals surface area contributed by atoms with Gasteiger partial charge in [-0.2, -0.15) is 0 Å². The van der Waals surface area contributed by atoms with E-state index in [0.717, 1.165) is 19.3 Å². The second-order valence-electron chi connectivity index (χ2n) is 5.40. The fourth-order valence-electron chi connectivity index (χ4n) is 1.70. The number of ether oxygens (including phenoxy) is 1. The molecule has 0 fully saturated rings. The maximum Gasteiger partial charge on any atom is 0.128 e. The molecule has 4 heteroatoms. The Morgan fingerprint density at radius 3 is 2.63 bits per heavy atom. The molecule has 1 aromatic rings. The van der Waals surface area contributed by atoms with Crippen LogP contribution in [-0.2, 0) is 11.3 Å².